The highest BCUT2D eigenvalue weighted by atomic mass is 19.3. The molecular weight excluding hydrogens is 366 g/mol. The van der Waals surface area contributed by atoms with Crippen molar-refractivity contribution in [2.24, 2.45) is 0 Å². The van der Waals surface area contributed by atoms with Gasteiger partial charge in [0.05, 0.1) is 0 Å². The van der Waals surface area contributed by atoms with Crippen LogP contribution < -0.4 is 14.8 Å². The fraction of sp³-hybridized carbons (Fsp3) is 0.211. The van der Waals surface area contributed by atoms with Gasteiger partial charge >= 0.3 is 13.2 Å². The first-order valence-corrected chi connectivity index (χ1v) is 7.97. The molecular formula is C19H17F4NO3. The molecule has 4 nitrogen and oxygen atoms in total. The van der Waals surface area contributed by atoms with Gasteiger partial charge in [-0.2, -0.15) is 17.6 Å². The van der Waals surface area contributed by atoms with Gasteiger partial charge in [0.25, 0.3) is 0 Å². The molecule has 0 spiro atoms. The number of halogens is 4. The van der Waals surface area contributed by atoms with Crippen LogP contribution in [-0.2, 0) is 11.2 Å². The summed E-state index contributed by atoms with van der Waals surface area (Å²) in [5, 5.41) is 2.68. The maximum absolute atomic E-state index is 12.1. The molecule has 0 atom stereocenters. The average Bonchev–Trinajstić information content (AvgIpc) is 2.62. The van der Waals surface area contributed by atoms with Crippen molar-refractivity contribution >= 4 is 12.0 Å². The van der Waals surface area contributed by atoms with Gasteiger partial charge in [0.2, 0.25) is 5.91 Å². The van der Waals surface area contributed by atoms with Crippen LogP contribution in [0.2, 0.25) is 0 Å². The van der Waals surface area contributed by atoms with Crippen LogP contribution in [0.15, 0.2) is 54.6 Å². The largest absolute Gasteiger partial charge is 0.435 e. The van der Waals surface area contributed by atoms with Crippen molar-refractivity contribution in [3.63, 3.8) is 0 Å². The Labute approximate surface area is 153 Å². The Kier molecular flexibility index (Phi) is 7.66. The molecule has 0 aromatic heterocycles. The lowest BCUT2D eigenvalue weighted by molar-refractivity contribution is -0.116. The summed E-state index contributed by atoms with van der Waals surface area (Å²) < 4.78 is 56.7. The Balaban J connectivity index is 1.74. The smallest absolute Gasteiger partial charge is 0.387 e. The normalized spacial score (nSPS) is 11.2. The molecule has 0 heterocycles. The predicted octanol–water partition coefficient (Wildman–Crippen LogP) is 4.26. The summed E-state index contributed by atoms with van der Waals surface area (Å²) >= 11 is 0. The molecule has 0 aliphatic heterocycles. The number of hydrogen-bond acceptors (Lipinski definition) is 3. The molecule has 0 fully saturated rings. The summed E-state index contributed by atoms with van der Waals surface area (Å²) in [6, 6.07) is 12.0. The van der Waals surface area contributed by atoms with Gasteiger partial charge in [-0.15, -0.1) is 0 Å². The number of benzene rings is 2. The highest BCUT2D eigenvalue weighted by molar-refractivity contribution is 5.91. The Bertz CT molecular complexity index is 747. The Hall–Kier alpha value is -3.03. The molecule has 2 aromatic rings. The van der Waals surface area contributed by atoms with E-state index >= 15 is 0 Å². The van der Waals surface area contributed by atoms with Crippen LogP contribution in [-0.4, -0.2) is 25.7 Å². The van der Waals surface area contributed by atoms with Crippen molar-refractivity contribution in [2.75, 3.05) is 6.54 Å². The molecule has 0 aliphatic carbocycles. The minimum atomic E-state index is -2.88. The second-order valence-electron chi connectivity index (χ2n) is 5.34. The SMILES string of the molecule is O=C(/C=C/c1ccc(OC(F)F)cc1)NCCc1ccc(OC(F)F)cc1. The van der Waals surface area contributed by atoms with Crippen molar-refractivity contribution in [3.05, 3.63) is 65.7 Å². The highest BCUT2D eigenvalue weighted by Crippen LogP contribution is 2.16. The van der Waals surface area contributed by atoms with Gasteiger partial charge in [-0.05, 0) is 47.9 Å². The first-order valence-electron chi connectivity index (χ1n) is 7.97. The van der Waals surface area contributed by atoms with Crippen LogP contribution >= 0.6 is 0 Å². The maximum atomic E-state index is 12.1. The van der Waals surface area contributed by atoms with E-state index in [0.717, 1.165) is 5.56 Å². The summed E-state index contributed by atoms with van der Waals surface area (Å²) in [6.07, 6.45) is 3.38. The lowest BCUT2D eigenvalue weighted by atomic mass is 10.1. The summed E-state index contributed by atoms with van der Waals surface area (Å²) in [5.41, 5.74) is 1.51. The number of nitrogens with one attached hydrogen (secondary N) is 1. The molecule has 0 radical (unpaired) electrons. The van der Waals surface area contributed by atoms with Crippen molar-refractivity contribution in [2.45, 2.75) is 19.6 Å². The average molecular weight is 383 g/mol. The van der Waals surface area contributed by atoms with Gasteiger partial charge in [-0.1, -0.05) is 24.3 Å². The molecule has 1 N–H and O–H groups in total. The molecule has 0 saturated carbocycles. The van der Waals surface area contributed by atoms with E-state index in [-0.39, 0.29) is 17.4 Å². The van der Waals surface area contributed by atoms with E-state index in [2.05, 4.69) is 14.8 Å². The summed E-state index contributed by atoms with van der Waals surface area (Å²) in [7, 11) is 0. The monoisotopic (exact) mass is 383 g/mol. The minimum Gasteiger partial charge on any atom is -0.435 e. The molecule has 144 valence electrons. The fourth-order valence-corrected chi connectivity index (χ4v) is 2.16. The molecule has 0 aliphatic rings. The van der Waals surface area contributed by atoms with E-state index in [9.17, 15) is 22.4 Å². The van der Waals surface area contributed by atoms with Crippen LogP contribution in [0.25, 0.3) is 6.08 Å². The van der Waals surface area contributed by atoms with Crippen molar-refractivity contribution in [1.29, 1.82) is 0 Å². The third-order valence-corrected chi connectivity index (χ3v) is 3.39. The quantitative estimate of drug-likeness (QED) is 0.520. The third kappa shape index (κ3) is 7.81. The predicted molar refractivity (Wildman–Crippen MR) is 91.9 cm³/mol. The zero-order chi connectivity index (χ0) is 19.6. The molecule has 0 bridgehead atoms. The second-order valence-corrected chi connectivity index (χ2v) is 5.34. The number of carbonyl (C=O) groups excluding carboxylic acids is 1. The van der Waals surface area contributed by atoms with Gasteiger partial charge in [0.15, 0.2) is 0 Å². The van der Waals surface area contributed by atoms with Crippen molar-refractivity contribution < 1.29 is 31.8 Å². The van der Waals surface area contributed by atoms with E-state index < -0.39 is 13.2 Å². The molecule has 2 rings (SSSR count). The third-order valence-electron chi connectivity index (χ3n) is 3.39. The first kappa shape index (κ1) is 20.3. The number of carbonyl (C=O) groups is 1. The molecule has 27 heavy (non-hydrogen) atoms. The van der Waals surface area contributed by atoms with E-state index in [0.29, 0.717) is 18.5 Å². The van der Waals surface area contributed by atoms with E-state index in [1.165, 1.54) is 36.4 Å². The lowest BCUT2D eigenvalue weighted by Gasteiger charge is -2.06. The van der Waals surface area contributed by atoms with Crippen LogP contribution in [0.1, 0.15) is 11.1 Å². The summed E-state index contributed by atoms with van der Waals surface area (Å²) in [4.78, 5) is 11.8. The molecule has 2 aromatic carbocycles. The van der Waals surface area contributed by atoms with Gasteiger partial charge < -0.3 is 14.8 Å². The molecule has 0 saturated heterocycles. The number of alkyl halides is 4. The molecule has 8 heteroatoms. The van der Waals surface area contributed by atoms with Gasteiger partial charge in [-0.3, -0.25) is 4.79 Å². The van der Waals surface area contributed by atoms with Gasteiger partial charge in [-0.25, -0.2) is 0 Å². The Morgan fingerprint density at radius 2 is 1.41 bits per heavy atom. The second kappa shape index (κ2) is 10.2. The summed E-state index contributed by atoms with van der Waals surface area (Å²) in [6.45, 7) is -5.39. The van der Waals surface area contributed by atoms with Crippen LogP contribution in [0.3, 0.4) is 0 Å². The van der Waals surface area contributed by atoms with E-state index in [1.807, 2.05) is 0 Å². The Morgan fingerprint density at radius 1 is 0.889 bits per heavy atom. The summed E-state index contributed by atoms with van der Waals surface area (Å²) in [5.74, 6) is -0.206. The standard InChI is InChI=1S/C19H17F4NO3/c20-18(21)26-15-6-1-13(2-7-15)5-10-17(25)24-12-11-14-3-8-16(9-4-14)27-19(22)23/h1-10,18-19H,11-12H2,(H,24,25)/b10-5+. The molecule has 0 unspecified atom stereocenters. The molecule has 1 amide bonds. The number of ether oxygens (including phenoxy) is 2. The van der Waals surface area contributed by atoms with Crippen LogP contribution in [0.5, 0.6) is 11.5 Å². The maximum Gasteiger partial charge on any atom is 0.387 e. The zero-order valence-electron chi connectivity index (χ0n) is 14.1. The van der Waals surface area contributed by atoms with Gasteiger partial charge in [0, 0.05) is 12.6 Å². The Morgan fingerprint density at radius 3 is 1.93 bits per heavy atom. The van der Waals surface area contributed by atoms with E-state index in [4.69, 9.17) is 0 Å². The minimum absolute atomic E-state index is 0.0385. The number of hydrogen-bond donors (Lipinski definition) is 1. The van der Waals surface area contributed by atoms with Gasteiger partial charge in [0.1, 0.15) is 11.5 Å². The number of amides is 1. The number of rotatable bonds is 9. The van der Waals surface area contributed by atoms with Crippen molar-refractivity contribution in [3.8, 4) is 11.5 Å². The highest BCUT2D eigenvalue weighted by Gasteiger charge is 2.04. The van der Waals surface area contributed by atoms with E-state index in [1.54, 1.807) is 24.3 Å². The first-order chi connectivity index (χ1) is 12.9. The zero-order valence-corrected chi connectivity index (χ0v) is 14.1. The van der Waals surface area contributed by atoms with Crippen LogP contribution in [0.4, 0.5) is 17.6 Å². The van der Waals surface area contributed by atoms with Crippen molar-refractivity contribution in [1.82, 2.24) is 5.32 Å². The lowest BCUT2D eigenvalue weighted by Crippen LogP contribution is -2.23. The van der Waals surface area contributed by atoms with Crippen LogP contribution in [0, 0.1) is 0 Å². The topological polar surface area (TPSA) is 47.6 Å². The fourth-order valence-electron chi connectivity index (χ4n) is 2.16.